The number of hydrogen-bond donors (Lipinski definition) is 1. The van der Waals surface area contributed by atoms with Gasteiger partial charge in [-0.1, -0.05) is 29.8 Å². The van der Waals surface area contributed by atoms with Gasteiger partial charge in [-0.3, -0.25) is 4.79 Å². The second-order valence-electron chi connectivity index (χ2n) is 4.42. The largest absolute Gasteiger partial charge is 0.273 e. The standard InChI is InChI=1S/C15H16N2OS/c1-11-5-6-13(12(2)8-11)9-15(18)17-16-10-14-4-3-7-19-14/h3-8,10H,9H2,1-2H3,(H,17,18)/b16-10-. The van der Waals surface area contributed by atoms with E-state index in [-0.39, 0.29) is 5.91 Å². The molecule has 2 rings (SSSR count). The van der Waals surface area contributed by atoms with Crippen LogP contribution in [0.15, 0.2) is 40.8 Å². The third kappa shape index (κ3) is 4.03. The summed E-state index contributed by atoms with van der Waals surface area (Å²) in [7, 11) is 0. The summed E-state index contributed by atoms with van der Waals surface area (Å²) in [6.45, 7) is 4.06. The molecule has 0 fully saturated rings. The van der Waals surface area contributed by atoms with Gasteiger partial charge in [0.1, 0.15) is 0 Å². The van der Waals surface area contributed by atoms with E-state index in [0.29, 0.717) is 6.42 Å². The molecule has 1 heterocycles. The first-order chi connectivity index (χ1) is 9.15. The first-order valence-corrected chi connectivity index (χ1v) is 6.94. The summed E-state index contributed by atoms with van der Waals surface area (Å²) < 4.78 is 0. The molecule has 0 unspecified atom stereocenters. The van der Waals surface area contributed by atoms with Crippen molar-refractivity contribution in [2.24, 2.45) is 5.10 Å². The molecule has 0 spiro atoms. The maximum atomic E-state index is 11.8. The van der Waals surface area contributed by atoms with Crippen LogP contribution < -0.4 is 5.43 Å². The smallest absolute Gasteiger partial charge is 0.244 e. The third-order valence-corrected chi connectivity index (χ3v) is 3.58. The Morgan fingerprint density at radius 3 is 2.89 bits per heavy atom. The maximum absolute atomic E-state index is 11.8. The monoisotopic (exact) mass is 272 g/mol. The van der Waals surface area contributed by atoms with Crippen LogP contribution in [0.1, 0.15) is 21.6 Å². The minimum atomic E-state index is -0.0974. The van der Waals surface area contributed by atoms with E-state index in [9.17, 15) is 4.79 Å². The number of hydrazone groups is 1. The van der Waals surface area contributed by atoms with Crippen LogP contribution in [-0.2, 0) is 11.2 Å². The predicted octanol–water partition coefficient (Wildman–Crippen LogP) is 3.06. The molecule has 1 N–H and O–H groups in total. The molecule has 4 heteroatoms. The zero-order chi connectivity index (χ0) is 13.7. The number of amides is 1. The Balaban J connectivity index is 1.91. The van der Waals surface area contributed by atoms with E-state index in [2.05, 4.69) is 16.6 Å². The summed E-state index contributed by atoms with van der Waals surface area (Å²) >= 11 is 1.58. The number of carbonyl (C=O) groups is 1. The van der Waals surface area contributed by atoms with Crippen molar-refractivity contribution < 1.29 is 4.79 Å². The zero-order valence-electron chi connectivity index (χ0n) is 11.0. The molecule has 0 aliphatic carbocycles. The second kappa shape index (κ2) is 6.29. The minimum Gasteiger partial charge on any atom is -0.273 e. The minimum absolute atomic E-state index is 0.0974. The van der Waals surface area contributed by atoms with Crippen molar-refractivity contribution in [1.82, 2.24) is 5.43 Å². The third-order valence-electron chi connectivity index (χ3n) is 2.77. The summed E-state index contributed by atoms with van der Waals surface area (Å²) in [5.41, 5.74) is 5.93. The zero-order valence-corrected chi connectivity index (χ0v) is 11.8. The predicted molar refractivity (Wildman–Crippen MR) is 79.7 cm³/mol. The van der Waals surface area contributed by atoms with Crippen LogP contribution in [0.25, 0.3) is 0 Å². The Kier molecular flexibility index (Phi) is 4.47. The molecule has 0 atom stereocenters. The van der Waals surface area contributed by atoms with Gasteiger partial charge in [0.05, 0.1) is 12.6 Å². The fourth-order valence-electron chi connectivity index (χ4n) is 1.79. The molecule has 0 saturated carbocycles. The average Bonchev–Trinajstić information content (AvgIpc) is 2.86. The molecule has 0 aliphatic rings. The van der Waals surface area contributed by atoms with Crippen LogP contribution in [0.4, 0.5) is 0 Å². The SMILES string of the molecule is Cc1ccc(CC(=O)N/N=C\c2cccs2)c(C)c1. The number of benzene rings is 1. The average molecular weight is 272 g/mol. The van der Waals surface area contributed by atoms with Crippen LogP contribution in [0.3, 0.4) is 0 Å². The number of rotatable bonds is 4. The molecule has 1 aromatic heterocycles. The lowest BCUT2D eigenvalue weighted by molar-refractivity contribution is -0.120. The van der Waals surface area contributed by atoms with Gasteiger partial charge < -0.3 is 0 Å². The van der Waals surface area contributed by atoms with Crippen molar-refractivity contribution >= 4 is 23.5 Å². The maximum Gasteiger partial charge on any atom is 0.244 e. The van der Waals surface area contributed by atoms with Gasteiger partial charge in [0.25, 0.3) is 0 Å². The first-order valence-electron chi connectivity index (χ1n) is 6.06. The van der Waals surface area contributed by atoms with Gasteiger partial charge in [0.15, 0.2) is 0 Å². The molecule has 0 saturated heterocycles. The number of aryl methyl sites for hydroxylation is 2. The molecule has 1 aromatic carbocycles. The molecular weight excluding hydrogens is 256 g/mol. The van der Waals surface area contributed by atoms with Crippen molar-refractivity contribution in [3.63, 3.8) is 0 Å². The second-order valence-corrected chi connectivity index (χ2v) is 5.39. The number of nitrogens with zero attached hydrogens (tertiary/aromatic N) is 1. The van der Waals surface area contributed by atoms with Crippen LogP contribution in [0.2, 0.25) is 0 Å². The normalized spacial score (nSPS) is 10.8. The number of carbonyl (C=O) groups excluding carboxylic acids is 1. The van der Waals surface area contributed by atoms with Gasteiger partial charge in [-0.05, 0) is 36.4 Å². The lowest BCUT2D eigenvalue weighted by Crippen LogP contribution is -2.20. The molecule has 0 aliphatic heterocycles. The number of hydrogen-bond acceptors (Lipinski definition) is 3. The molecule has 2 aromatic rings. The van der Waals surface area contributed by atoms with Crippen LogP contribution >= 0.6 is 11.3 Å². The highest BCUT2D eigenvalue weighted by atomic mass is 32.1. The highest BCUT2D eigenvalue weighted by Crippen LogP contribution is 2.11. The van der Waals surface area contributed by atoms with Gasteiger partial charge in [0.2, 0.25) is 5.91 Å². The van der Waals surface area contributed by atoms with E-state index in [4.69, 9.17) is 0 Å². The number of thiophene rings is 1. The Morgan fingerprint density at radius 2 is 2.21 bits per heavy atom. The van der Waals surface area contributed by atoms with Gasteiger partial charge in [-0.2, -0.15) is 5.10 Å². The summed E-state index contributed by atoms with van der Waals surface area (Å²) in [4.78, 5) is 12.8. The van der Waals surface area contributed by atoms with E-state index in [1.165, 1.54) is 5.56 Å². The van der Waals surface area contributed by atoms with Gasteiger partial charge in [-0.15, -0.1) is 11.3 Å². The summed E-state index contributed by atoms with van der Waals surface area (Å²) in [6, 6.07) is 9.99. The fourth-order valence-corrected chi connectivity index (χ4v) is 2.37. The Hall–Kier alpha value is -1.94. The molecule has 98 valence electrons. The Labute approximate surface area is 117 Å². The summed E-state index contributed by atoms with van der Waals surface area (Å²) in [5, 5.41) is 5.91. The first kappa shape index (κ1) is 13.5. The molecule has 0 radical (unpaired) electrons. The van der Waals surface area contributed by atoms with E-state index >= 15 is 0 Å². The van der Waals surface area contributed by atoms with E-state index < -0.39 is 0 Å². The molecule has 1 amide bonds. The van der Waals surface area contributed by atoms with Gasteiger partial charge in [-0.25, -0.2) is 5.43 Å². The summed E-state index contributed by atoms with van der Waals surface area (Å²) in [5.74, 6) is -0.0974. The highest BCUT2D eigenvalue weighted by Gasteiger charge is 2.04. The fraction of sp³-hybridized carbons (Fsp3) is 0.200. The van der Waals surface area contributed by atoms with Gasteiger partial charge in [0, 0.05) is 4.88 Å². The van der Waals surface area contributed by atoms with Crippen molar-refractivity contribution in [2.75, 3.05) is 0 Å². The highest BCUT2D eigenvalue weighted by molar-refractivity contribution is 7.11. The van der Waals surface area contributed by atoms with Crippen molar-refractivity contribution in [1.29, 1.82) is 0 Å². The molecular formula is C15H16N2OS. The lowest BCUT2D eigenvalue weighted by atomic mass is 10.0. The summed E-state index contributed by atoms with van der Waals surface area (Å²) in [6.07, 6.45) is 2.01. The van der Waals surface area contributed by atoms with Crippen LogP contribution in [0.5, 0.6) is 0 Å². The van der Waals surface area contributed by atoms with Crippen LogP contribution in [0, 0.1) is 13.8 Å². The molecule has 19 heavy (non-hydrogen) atoms. The van der Waals surface area contributed by atoms with Crippen molar-refractivity contribution in [3.8, 4) is 0 Å². The Bertz CT molecular complexity index is 588. The van der Waals surface area contributed by atoms with E-state index in [1.807, 2.05) is 43.5 Å². The number of nitrogens with one attached hydrogen (secondary N) is 1. The van der Waals surface area contributed by atoms with Gasteiger partial charge >= 0.3 is 0 Å². The Morgan fingerprint density at radius 1 is 1.37 bits per heavy atom. The molecule has 0 bridgehead atoms. The quantitative estimate of drug-likeness (QED) is 0.674. The lowest BCUT2D eigenvalue weighted by Gasteiger charge is -2.05. The topological polar surface area (TPSA) is 41.5 Å². The van der Waals surface area contributed by atoms with E-state index in [1.54, 1.807) is 17.6 Å². The van der Waals surface area contributed by atoms with Crippen molar-refractivity contribution in [2.45, 2.75) is 20.3 Å². The van der Waals surface area contributed by atoms with Crippen molar-refractivity contribution in [3.05, 3.63) is 57.3 Å². The molecule has 3 nitrogen and oxygen atoms in total. The van der Waals surface area contributed by atoms with E-state index in [0.717, 1.165) is 16.0 Å². The van der Waals surface area contributed by atoms with Crippen LogP contribution in [-0.4, -0.2) is 12.1 Å².